The highest BCUT2D eigenvalue weighted by atomic mass is 32.1. The Kier molecular flexibility index (Phi) is 4.88. The van der Waals surface area contributed by atoms with Gasteiger partial charge in [-0.15, -0.1) is 0 Å². The van der Waals surface area contributed by atoms with Crippen LogP contribution in [0.2, 0.25) is 0 Å². The predicted octanol–water partition coefficient (Wildman–Crippen LogP) is 4.70. The number of carboxylic acids is 1. The van der Waals surface area contributed by atoms with E-state index in [0.29, 0.717) is 16.5 Å². The molecule has 1 amide bonds. The van der Waals surface area contributed by atoms with Crippen LogP contribution in [0, 0.1) is 13.5 Å². The van der Waals surface area contributed by atoms with Crippen LogP contribution in [0.3, 0.4) is 0 Å². The zero-order valence-corrected chi connectivity index (χ0v) is 17.1. The Balaban J connectivity index is 1.71. The lowest BCUT2D eigenvalue weighted by Crippen LogP contribution is -2.55. The molecule has 0 unspecified atom stereocenters. The largest absolute Gasteiger partial charge is 0.478 e. The van der Waals surface area contributed by atoms with Crippen molar-refractivity contribution in [3.05, 3.63) is 71.1 Å². The third kappa shape index (κ3) is 3.06. The van der Waals surface area contributed by atoms with Gasteiger partial charge in [0.15, 0.2) is 10.8 Å². The van der Waals surface area contributed by atoms with E-state index in [1.165, 1.54) is 6.08 Å². The molecule has 1 aliphatic carbocycles. The second kappa shape index (κ2) is 7.39. The van der Waals surface area contributed by atoms with Crippen molar-refractivity contribution in [1.29, 1.82) is 0 Å². The molecule has 150 valence electrons. The van der Waals surface area contributed by atoms with Gasteiger partial charge < -0.3 is 10.0 Å². The Morgan fingerprint density at radius 1 is 1.20 bits per heavy atom. The molecule has 1 heterocycles. The minimum Gasteiger partial charge on any atom is -0.478 e. The molecule has 0 atom stereocenters. The third-order valence-corrected chi connectivity index (χ3v) is 6.09. The number of carbonyl (C=O) groups is 2. The minimum absolute atomic E-state index is 0.0384. The van der Waals surface area contributed by atoms with Crippen molar-refractivity contribution in [3.8, 4) is 0 Å². The van der Waals surface area contributed by atoms with Gasteiger partial charge in [0, 0.05) is 17.5 Å². The summed E-state index contributed by atoms with van der Waals surface area (Å²) in [5.41, 5.74) is 2.90. The number of anilines is 2. The van der Waals surface area contributed by atoms with Crippen LogP contribution in [0.1, 0.15) is 30.4 Å². The summed E-state index contributed by atoms with van der Waals surface area (Å²) in [4.78, 5) is 31.2. The molecule has 1 saturated heterocycles. The second-order valence-corrected chi connectivity index (χ2v) is 7.85. The number of amides is 1. The molecule has 2 aromatic carbocycles. The summed E-state index contributed by atoms with van der Waals surface area (Å²) in [5, 5.41) is 9.21. The van der Waals surface area contributed by atoms with Gasteiger partial charge in [0.05, 0.1) is 6.57 Å². The van der Waals surface area contributed by atoms with Crippen LogP contribution < -0.4 is 9.80 Å². The average Bonchev–Trinajstić information content (AvgIpc) is 2.93. The first-order chi connectivity index (χ1) is 14.4. The fourth-order valence-electron chi connectivity index (χ4n) is 4.01. The van der Waals surface area contributed by atoms with Crippen LogP contribution in [-0.2, 0) is 9.59 Å². The number of benzene rings is 2. The quantitative estimate of drug-likeness (QED) is 0.444. The van der Waals surface area contributed by atoms with Crippen molar-refractivity contribution in [3.63, 3.8) is 0 Å². The maximum atomic E-state index is 13.5. The highest BCUT2D eigenvalue weighted by Crippen LogP contribution is 2.48. The molecule has 7 heteroatoms. The first kappa shape index (κ1) is 19.8. The van der Waals surface area contributed by atoms with E-state index >= 15 is 0 Å². The molecule has 2 fully saturated rings. The van der Waals surface area contributed by atoms with Crippen molar-refractivity contribution >= 4 is 52.3 Å². The smallest absolute Gasteiger partial charge is 0.328 e. The van der Waals surface area contributed by atoms with Crippen molar-refractivity contribution in [2.45, 2.75) is 31.7 Å². The van der Waals surface area contributed by atoms with Crippen LogP contribution in [0.25, 0.3) is 10.9 Å². The van der Waals surface area contributed by atoms with E-state index in [9.17, 15) is 9.59 Å². The lowest BCUT2D eigenvalue weighted by atomic mass is 9.75. The van der Waals surface area contributed by atoms with E-state index in [4.69, 9.17) is 23.9 Å². The first-order valence-electron chi connectivity index (χ1n) is 9.55. The SMILES string of the molecule is [C-]#[N+]c1ccc(N2C(=O)C3(CCC3)N(c3ccc(/C=C/C(=O)O)cc3)C2=S)cc1C. The number of rotatable bonds is 4. The van der Waals surface area contributed by atoms with Crippen molar-refractivity contribution in [2.24, 2.45) is 0 Å². The average molecular weight is 417 g/mol. The number of carbonyl (C=O) groups excluding carboxylic acids is 1. The number of aryl methyl sites for hydroxylation is 1. The van der Waals surface area contributed by atoms with Crippen LogP contribution in [0.5, 0.6) is 0 Å². The summed E-state index contributed by atoms with van der Waals surface area (Å²) < 4.78 is 0. The van der Waals surface area contributed by atoms with Crippen molar-refractivity contribution in [1.82, 2.24) is 0 Å². The molecular weight excluding hydrogens is 398 g/mol. The molecule has 1 N–H and O–H groups in total. The molecule has 1 saturated carbocycles. The molecule has 2 aliphatic rings. The van der Waals surface area contributed by atoms with E-state index < -0.39 is 11.5 Å². The predicted molar refractivity (Wildman–Crippen MR) is 120 cm³/mol. The molecule has 0 radical (unpaired) electrons. The van der Waals surface area contributed by atoms with Gasteiger partial charge in [-0.25, -0.2) is 9.64 Å². The normalized spacial score (nSPS) is 17.5. The zero-order chi connectivity index (χ0) is 21.5. The summed E-state index contributed by atoms with van der Waals surface area (Å²) in [7, 11) is 0. The van der Waals surface area contributed by atoms with Crippen molar-refractivity contribution < 1.29 is 14.7 Å². The number of nitrogens with zero attached hydrogens (tertiary/aromatic N) is 3. The maximum absolute atomic E-state index is 13.5. The molecule has 1 aliphatic heterocycles. The standard InChI is InChI=1S/C23H19N3O3S/c1-15-14-18(9-10-19(15)24-2)25-21(29)23(12-3-13-23)26(22(25)30)17-7-4-16(5-8-17)6-11-20(27)28/h4-11,14H,3,12-13H2,1H3,(H,27,28)/b11-6+. The summed E-state index contributed by atoms with van der Waals surface area (Å²) in [6, 6.07) is 12.6. The topological polar surface area (TPSA) is 65.2 Å². The van der Waals surface area contributed by atoms with E-state index in [2.05, 4.69) is 4.85 Å². The maximum Gasteiger partial charge on any atom is 0.328 e. The fraction of sp³-hybridized carbons (Fsp3) is 0.217. The molecule has 6 nitrogen and oxygen atoms in total. The van der Waals surface area contributed by atoms with Gasteiger partial charge >= 0.3 is 5.97 Å². The number of carboxylic acid groups (broad SMARTS) is 1. The Bertz CT molecular complexity index is 1130. The number of aliphatic carboxylic acids is 1. The fourth-order valence-corrected chi connectivity index (χ4v) is 4.48. The summed E-state index contributed by atoms with van der Waals surface area (Å²) >= 11 is 5.75. The number of hydrogen-bond acceptors (Lipinski definition) is 3. The van der Waals surface area contributed by atoms with Gasteiger partial charge in [-0.2, -0.15) is 0 Å². The Morgan fingerprint density at radius 3 is 2.40 bits per heavy atom. The van der Waals surface area contributed by atoms with Crippen LogP contribution in [0.15, 0.2) is 48.5 Å². The van der Waals surface area contributed by atoms with Gasteiger partial charge in [0.25, 0.3) is 5.91 Å². The van der Waals surface area contributed by atoms with Gasteiger partial charge in [-0.3, -0.25) is 9.69 Å². The van der Waals surface area contributed by atoms with Gasteiger partial charge in [-0.1, -0.05) is 18.2 Å². The van der Waals surface area contributed by atoms with E-state index in [1.807, 2.05) is 42.2 Å². The summed E-state index contributed by atoms with van der Waals surface area (Å²) in [6.07, 6.45) is 5.01. The van der Waals surface area contributed by atoms with Gasteiger partial charge in [-0.05, 0) is 79.9 Å². The Morgan fingerprint density at radius 2 is 1.87 bits per heavy atom. The van der Waals surface area contributed by atoms with Crippen LogP contribution >= 0.6 is 12.2 Å². The van der Waals surface area contributed by atoms with E-state index in [1.54, 1.807) is 17.0 Å². The highest BCUT2D eigenvalue weighted by Gasteiger charge is 2.59. The monoisotopic (exact) mass is 417 g/mol. The lowest BCUT2D eigenvalue weighted by molar-refractivity contribution is -0.131. The van der Waals surface area contributed by atoms with Gasteiger partial charge in [0.2, 0.25) is 0 Å². The highest BCUT2D eigenvalue weighted by molar-refractivity contribution is 7.81. The summed E-state index contributed by atoms with van der Waals surface area (Å²) in [6.45, 7) is 9.08. The second-order valence-electron chi connectivity index (χ2n) is 7.49. The summed E-state index contributed by atoms with van der Waals surface area (Å²) in [5.74, 6) is -1.04. The molecule has 1 spiro atoms. The Labute approximate surface area is 179 Å². The van der Waals surface area contributed by atoms with E-state index in [-0.39, 0.29) is 5.91 Å². The van der Waals surface area contributed by atoms with Crippen LogP contribution in [0.4, 0.5) is 17.1 Å². The minimum atomic E-state index is -1.01. The first-order valence-corrected chi connectivity index (χ1v) is 9.96. The molecule has 0 aromatic heterocycles. The third-order valence-electron chi connectivity index (χ3n) is 5.72. The zero-order valence-electron chi connectivity index (χ0n) is 16.3. The number of thiocarbonyl (C=S) groups is 1. The Hall–Kier alpha value is -3.50. The van der Waals surface area contributed by atoms with E-state index in [0.717, 1.165) is 42.2 Å². The molecule has 2 aromatic rings. The van der Waals surface area contributed by atoms with Crippen molar-refractivity contribution in [2.75, 3.05) is 9.80 Å². The molecule has 4 rings (SSSR count). The molecular formula is C23H19N3O3S. The molecule has 0 bridgehead atoms. The number of hydrogen-bond donors (Lipinski definition) is 1. The lowest BCUT2D eigenvalue weighted by Gasteiger charge is -2.43. The molecule has 30 heavy (non-hydrogen) atoms. The van der Waals surface area contributed by atoms with Crippen LogP contribution in [-0.4, -0.2) is 27.6 Å². The van der Waals surface area contributed by atoms with Gasteiger partial charge in [0.1, 0.15) is 5.54 Å².